The van der Waals surface area contributed by atoms with Crippen LogP contribution in [0.1, 0.15) is 67.8 Å². The zero-order valence-corrected chi connectivity index (χ0v) is 15.0. The molecule has 1 fully saturated rings. The summed E-state index contributed by atoms with van der Waals surface area (Å²) in [6, 6.07) is 6.10. The first kappa shape index (κ1) is 16.5. The Morgan fingerprint density at radius 1 is 1.48 bits per heavy atom. The lowest BCUT2D eigenvalue weighted by atomic mass is 9.97. The molecule has 0 radical (unpaired) electrons. The van der Waals surface area contributed by atoms with E-state index in [1.807, 2.05) is 18.2 Å². The molecule has 0 bridgehead atoms. The molecule has 1 aliphatic rings. The van der Waals surface area contributed by atoms with Crippen LogP contribution in [0.25, 0.3) is 0 Å². The summed E-state index contributed by atoms with van der Waals surface area (Å²) in [7, 11) is 0. The Hall–Kier alpha value is -0.840. The van der Waals surface area contributed by atoms with Crippen LogP contribution in [-0.4, -0.2) is 11.6 Å². The molecule has 0 aliphatic heterocycles. The minimum absolute atomic E-state index is 0.216. The standard InChI is InChI=1S/C18H23IO2/c1-4-13(3)14-8-9-16(19)15(12-14)17(20)21-18(5-2)10-6-7-11-18/h5,8-9,12-13H,2,4,6-7,10-11H2,1,3H3. The number of halogens is 1. The van der Waals surface area contributed by atoms with E-state index in [1.54, 1.807) is 0 Å². The maximum absolute atomic E-state index is 12.6. The van der Waals surface area contributed by atoms with Gasteiger partial charge in [-0.05, 0) is 84.4 Å². The van der Waals surface area contributed by atoms with Crippen molar-refractivity contribution in [2.45, 2.75) is 57.5 Å². The van der Waals surface area contributed by atoms with Crippen molar-refractivity contribution in [1.82, 2.24) is 0 Å². The van der Waals surface area contributed by atoms with Crippen molar-refractivity contribution >= 4 is 28.6 Å². The summed E-state index contributed by atoms with van der Waals surface area (Å²) >= 11 is 2.20. The first-order valence-corrected chi connectivity index (χ1v) is 8.75. The van der Waals surface area contributed by atoms with Gasteiger partial charge in [0.2, 0.25) is 0 Å². The highest BCUT2D eigenvalue weighted by Gasteiger charge is 2.35. The second-order valence-electron chi connectivity index (χ2n) is 5.91. The topological polar surface area (TPSA) is 26.3 Å². The van der Waals surface area contributed by atoms with E-state index in [2.05, 4.69) is 49.1 Å². The maximum atomic E-state index is 12.6. The number of carbonyl (C=O) groups excluding carboxylic acids is 1. The number of esters is 1. The molecule has 1 aromatic carbocycles. The van der Waals surface area contributed by atoms with Gasteiger partial charge in [0.25, 0.3) is 0 Å². The van der Waals surface area contributed by atoms with Gasteiger partial charge in [0, 0.05) is 3.57 Å². The molecule has 1 atom stereocenters. The molecular weight excluding hydrogens is 375 g/mol. The zero-order chi connectivity index (χ0) is 15.5. The fourth-order valence-corrected chi connectivity index (χ4v) is 3.36. The molecule has 114 valence electrons. The Balaban J connectivity index is 2.24. The summed E-state index contributed by atoms with van der Waals surface area (Å²) in [5.41, 5.74) is 1.43. The molecule has 1 aromatic rings. The van der Waals surface area contributed by atoms with Gasteiger partial charge in [0.05, 0.1) is 5.56 Å². The Kier molecular flexibility index (Phi) is 5.47. The van der Waals surface area contributed by atoms with Gasteiger partial charge in [-0.15, -0.1) is 0 Å². The summed E-state index contributed by atoms with van der Waals surface area (Å²) in [5.74, 6) is 0.236. The Morgan fingerprint density at radius 3 is 2.71 bits per heavy atom. The lowest BCUT2D eigenvalue weighted by Gasteiger charge is -2.25. The number of hydrogen-bond donors (Lipinski definition) is 0. The van der Waals surface area contributed by atoms with E-state index in [0.29, 0.717) is 11.5 Å². The van der Waals surface area contributed by atoms with Gasteiger partial charge in [0.1, 0.15) is 5.60 Å². The summed E-state index contributed by atoms with van der Waals surface area (Å²) in [6.45, 7) is 8.20. The molecule has 0 saturated heterocycles. The summed E-state index contributed by atoms with van der Waals surface area (Å²) in [5, 5.41) is 0. The molecule has 1 saturated carbocycles. The predicted molar refractivity (Wildman–Crippen MR) is 94.7 cm³/mol. The second kappa shape index (κ2) is 6.95. The first-order valence-electron chi connectivity index (χ1n) is 7.67. The van der Waals surface area contributed by atoms with Crippen LogP contribution in [-0.2, 0) is 4.74 Å². The first-order chi connectivity index (χ1) is 10.0. The number of hydrogen-bond acceptors (Lipinski definition) is 2. The lowest BCUT2D eigenvalue weighted by Crippen LogP contribution is -2.29. The monoisotopic (exact) mass is 398 g/mol. The third-order valence-electron chi connectivity index (χ3n) is 4.51. The highest BCUT2D eigenvalue weighted by Crippen LogP contribution is 2.35. The molecule has 2 rings (SSSR count). The smallest absolute Gasteiger partial charge is 0.340 e. The van der Waals surface area contributed by atoms with Gasteiger partial charge in [-0.2, -0.15) is 0 Å². The van der Waals surface area contributed by atoms with E-state index in [9.17, 15) is 4.79 Å². The van der Waals surface area contributed by atoms with E-state index in [0.717, 1.165) is 35.7 Å². The third-order valence-corrected chi connectivity index (χ3v) is 5.45. The van der Waals surface area contributed by atoms with Crippen molar-refractivity contribution in [1.29, 1.82) is 0 Å². The van der Waals surface area contributed by atoms with Crippen LogP contribution in [0.5, 0.6) is 0 Å². The average molecular weight is 398 g/mol. The average Bonchev–Trinajstić information content (AvgIpc) is 2.95. The zero-order valence-electron chi connectivity index (χ0n) is 12.8. The van der Waals surface area contributed by atoms with Gasteiger partial charge in [-0.1, -0.05) is 26.5 Å². The van der Waals surface area contributed by atoms with E-state index in [-0.39, 0.29) is 5.97 Å². The van der Waals surface area contributed by atoms with E-state index >= 15 is 0 Å². The molecule has 0 spiro atoms. The molecule has 1 aliphatic carbocycles. The number of benzene rings is 1. The Morgan fingerprint density at radius 2 is 2.14 bits per heavy atom. The molecule has 0 N–H and O–H groups in total. The highest BCUT2D eigenvalue weighted by atomic mass is 127. The summed E-state index contributed by atoms with van der Waals surface area (Å²) in [6.07, 6.45) is 6.86. The van der Waals surface area contributed by atoms with Crippen LogP contribution in [0.2, 0.25) is 0 Å². The Bertz CT molecular complexity index is 530. The van der Waals surface area contributed by atoms with Crippen molar-refractivity contribution in [3.63, 3.8) is 0 Å². The molecule has 1 unspecified atom stereocenters. The van der Waals surface area contributed by atoms with Gasteiger partial charge in [-0.3, -0.25) is 0 Å². The minimum Gasteiger partial charge on any atom is -0.451 e. The van der Waals surface area contributed by atoms with Crippen molar-refractivity contribution in [3.8, 4) is 0 Å². The molecule has 0 heterocycles. The van der Waals surface area contributed by atoms with Crippen LogP contribution < -0.4 is 0 Å². The molecule has 0 amide bonds. The van der Waals surface area contributed by atoms with Crippen LogP contribution in [0.3, 0.4) is 0 Å². The fourth-order valence-electron chi connectivity index (χ4n) is 2.80. The number of carbonyl (C=O) groups is 1. The Labute approximate surface area is 141 Å². The fraction of sp³-hybridized carbons (Fsp3) is 0.500. The van der Waals surface area contributed by atoms with Gasteiger partial charge in [-0.25, -0.2) is 4.79 Å². The summed E-state index contributed by atoms with van der Waals surface area (Å²) < 4.78 is 6.77. The minimum atomic E-state index is -0.452. The lowest BCUT2D eigenvalue weighted by molar-refractivity contribution is 0.00657. The van der Waals surface area contributed by atoms with Crippen molar-refractivity contribution in [2.24, 2.45) is 0 Å². The molecule has 2 nitrogen and oxygen atoms in total. The van der Waals surface area contributed by atoms with Crippen molar-refractivity contribution in [3.05, 3.63) is 45.6 Å². The van der Waals surface area contributed by atoms with E-state index < -0.39 is 5.60 Å². The number of ether oxygens (including phenoxy) is 1. The van der Waals surface area contributed by atoms with Crippen molar-refractivity contribution < 1.29 is 9.53 Å². The van der Waals surface area contributed by atoms with E-state index in [1.165, 1.54) is 5.56 Å². The molecule has 3 heteroatoms. The van der Waals surface area contributed by atoms with E-state index in [4.69, 9.17) is 4.74 Å². The quantitative estimate of drug-likeness (QED) is 0.374. The largest absolute Gasteiger partial charge is 0.451 e. The molecule has 0 aromatic heterocycles. The second-order valence-corrected chi connectivity index (χ2v) is 7.08. The predicted octanol–water partition coefficient (Wildman–Crippen LogP) is 5.46. The third kappa shape index (κ3) is 3.68. The normalized spacial score (nSPS) is 18.2. The number of rotatable bonds is 5. The van der Waals surface area contributed by atoms with Gasteiger partial charge >= 0.3 is 5.97 Å². The van der Waals surface area contributed by atoms with Crippen LogP contribution >= 0.6 is 22.6 Å². The van der Waals surface area contributed by atoms with Gasteiger partial charge < -0.3 is 4.74 Å². The van der Waals surface area contributed by atoms with Crippen LogP contribution in [0.4, 0.5) is 0 Å². The van der Waals surface area contributed by atoms with Crippen molar-refractivity contribution in [2.75, 3.05) is 0 Å². The molecular formula is C18H23IO2. The van der Waals surface area contributed by atoms with Crippen LogP contribution in [0, 0.1) is 3.57 Å². The highest BCUT2D eigenvalue weighted by molar-refractivity contribution is 14.1. The van der Waals surface area contributed by atoms with Crippen LogP contribution in [0.15, 0.2) is 30.9 Å². The summed E-state index contributed by atoms with van der Waals surface area (Å²) in [4.78, 5) is 12.6. The van der Waals surface area contributed by atoms with Gasteiger partial charge in [0.15, 0.2) is 0 Å². The SMILES string of the molecule is C=CC1(OC(=O)c2cc(C(C)CC)ccc2I)CCCC1. The maximum Gasteiger partial charge on any atom is 0.340 e. The molecule has 21 heavy (non-hydrogen) atoms.